The van der Waals surface area contributed by atoms with Crippen LogP contribution in [0, 0.1) is 0 Å². The molecule has 0 unspecified atom stereocenters. The standard InChI is InChI=1S/C29H52O2/c1-2-3-4-5-6-7-8-9-10-11-12-13-14-15-16-17-18-19-20-21-22-23-24-25-26-27-28-29(30)31/h7-8,20-21,24-25H,2-6,9-19,22-23,26-28H2,1H3,(H,30,31)/b8-7+,21-20+,25-24+. The van der Waals surface area contributed by atoms with Gasteiger partial charge >= 0.3 is 5.97 Å². The Kier molecular flexibility index (Phi) is 25.6. The summed E-state index contributed by atoms with van der Waals surface area (Å²) in [6.45, 7) is 2.27. The molecule has 2 nitrogen and oxygen atoms in total. The molecule has 31 heavy (non-hydrogen) atoms. The van der Waals surface area contributed by atoms with Crippen molar-refractivity contribution < 1.29 is 9.90 Å². The highest BCUT2D eigenvalue weighted by Gasteiger charge is 1.94. The Morgan fingerprint density at radius 1 is 0.484 bits per heavy atom. The Labute approximate surface area is 194 Å². The maximum atomic E-state index is 10.4. The Morgan fingerprint density at radius 3 is 1.19 bits per heavy atom. The summed E-state index contributed by atoms with van der Waals surface area (Å²) in [5.74, 6) is -0.696. The van der Waals surface area contributed by atoms with Crippen LogP contribution in [0.15, 0.2) is 36.5 Å². The molecule has 0 atom stereocenters. The quantitative estimate of drug-likeness (QED) is 0.122. The molecule has 0 aliphatic heterocycles. The van der Waals surface area contributed by atoms with E-state index < -0.39 is 5.97 Å². The molecule has 0 amide bonds. The van der Waals surface area contributed by atoms with E-state index in [1.54, 1.807) is 0 Å². The second-order valence-electron chi connectivity index (χ2n) is 8.89. The number of hydrogen-bond donors (Lipinski definition) is 1. The fourth-order valence-corrected chi connectivity index (χ4v) is 3.72. The molecule has 1 N–H and O–H groups in total. The van der Waals surface area contributed by atoms with Crippen LogP contribution in [0.3, 0.4) is 0 Å². The van der Waals surface area contributed by atoms with E-state index in [0.717, 1.165) is 25.7 Å². The largest absolute Gasteiger partial charge is 0.481 e. The number of carbonyl (C=O) groups is 1. The molecule has 0 bridgehead atoms. The van der Waals surface area contributed by atoms with Crippen LogP contribution in [0.25, 0.3) is 0 Å². The van der Waals surface area contributed by atoms with E-state index in [0.29, 0.717) is 0 Å². The average molecular weight is 433 g/mol. The van der Waals surface area contributed by atoms with Gasteiger partial charge in [-0.05, 0) is 64.2 Å². The summed E-state index contributed by atoms with van der Waals surface area (Å²) in [6.07, 6.45) is 39.6. The van der Waals surface area contributed by atoms with Crippen molar-refractivity contribution in [2.24, 2.45) is 0 Å². The molecule has 0 aromatic rings. The van der Waals surface area contributed by atoms with Crippen LogP contribution in [-0.2, 0) is 4.79 Å². The minimum Gasteiger partial charge on any atom is -0.481 e. The van der Waals surface area contributed by atoms with Gasteiger partial charge in [0.1, 0.15) is 0 Å². The molecule has 2 heteroatoms. The van der Waals surface area contributed by atoms with Gasteiger partial charge in [-0.15, -0.1) is 0 Å². The lowest BCUT2D eigenvalue weighted by Gasteiger charge is -2.01. The number of unbranched alkanes of at least 4 members (excludes halogenated alkanes) is 16. The van der Waals surface area contributed by atoms with Gasteiger partial charge in [-0.1, -0.05) is 108 Å². The van der Waals surface area contributed by atoms with Crippen LogP contribution in [0.1, 0.15) is 142 Å². The van der Waals surface area contributed by atoms with Crippen molar-refractivity contribution in [2.75, 3.05) is 0 Å². The zero-order valence-electron chi connectivity index (χ0n) is 20.7. The minimum absolute atomic E-state index is 0.279. The number of carboxylic acid groups (broad SMARTS) is 1. The molecule has 0 heterocycles. The highest BCUT2D eigenvalue weighted by Crippen LogP contribution is 2.12. The highest BCUT2D eigenvalue weighted by atomic mass is 16.4. The first-order valence-electron chi connectivity index (χ1n) is 13.4. The van der Waals surface area contributed by atoms with Crippen molar-refractivity contribution in [1.29, 1.82) is 0 Å². The summed E-state index contributed by atoms with van der Waals surface area (Å²) in [4.78, 5) is 10.4. The smallest absolute Gasteiger partial charge is 0.303 e. The van der Waals surface area contributed by atoms with Gasteiger partial charge in [0.15, 0.2) is 0 Å². The van der Waals surface area contributed by atoms with E-state index in [9.17, 15) is 4.79 Å². The van der Waals surface area contributed by atoms with E-state index in [4.69, 9.17) is 5.11 Å². The Hall–Kier alpha value is -1.31. The van der Waals surface area contributed by atoms with Gasteiger partial charge in [0.2, 0.25) is 0 Å². The summed E-state index contributed by atoms with van der Waals surface area (Å²) in [6, 6.07) is 0. The van der Waals surface area contributed by atoms with Gasteiger partial charge in [-0.2, -0.15) is 0 Å². The fraction of sp³-hybridized carbons (Fsp3) is 0.759. The zero-order chi connectivity index (χ0) is 22.7. The number of aliphatic carboxylic acids is 1. The molecule has 180 valence electrons. The molecule has 0 spiro atoms. The summed E-state index contributed by atoms with van der Waals surface area (Å²) >= 11 is 0. The Bertz CT molecular complexity index is 448. The van der Waals surface area contributed by atoms with E-state index in [1.807, 2.05) is 0 Å². The topological polar surface area (TPSA) is 37.3 Å². The molecular weight excluding hydrogens is 380 g/mol. The second-order valence-corrected chi connectivity index (χ2v) is 8.89. The third-order valence-electron chi connectivity index (χ3n) is 5.73. The second kappa shape index (κ2) is 26.7. The van der Waals surface area contributed by atoms with E-state index in [1.165, 1.54) is 103 Å². The first-order valence-corrected chi connectivity index (χ1v) is 13.4. The van der Waals surface area contributed by atoms with Crippen molar-refractivity contribution in [3.63, 3.8) is 0 Å². The molecule has 0 aromatic carbocycles. The van der Waals surface area contributed by atoms with Gasteiger partial charge in [-0.25, -0.2) is 0 Å². The molecule has 0 aromatic heterocycles. The zero-order valence-corrected chi connectivity index (χ0v) is 20.7. The van der Waals surface area contributed by atoms with Crippen molar-refractivity contribution >= 4 is 5.97 Å². The van der Waals surface area contributed by atoms with Gasteiger partial charge in [0.05, 0.1) is 0 Å². The molecule has 0 saturated heterocycles. The molecule has 0 aliphatic rings. The minimum atomic E-state index is -0.696. The average Bonchev–Trinajstić information content (AvgIpc) is 2.76. The lowest BCUT2D eigenvalue weighted by molar-refractivity contribution is -0.137. The first-order chi connectivity index (χ1) is 15.3. The summed E-state index contributed by atoms with van der Waals surface area (Å²) in [7, 11) is 0. The van der Waals surface area contributed by atoms with Crippen LogP contribution >= 0.6 is 0 Å². The lowest BCUT2D eigenvalue weighted by Crippen LogP contribution is -1.92. The lowest BCUT2D eigenvalue weighted by atomic mass is 10.1. The molecule has 0 saturated carbocycles. The third kappa shape index (κ3) is 28.7. The normalized spacial score (nSPS) is 12.0. The number of hydrogen-bond acceptors (Lipinski definition) is 1. The third-order valence-corrected chi connectivity index (χ3v) is 5.73. The van der Waals surface area contributed by atoms with Crippen molar-refractivity contribution in [3.8, 4) is 0 Å². The highest BCUT2D eigenvalue weighted by molar-refractivity contribution is 5.66. The number of rotatable bonds is 24. The van der Waals surface area contributed by atoms with Crippen LogP contribution in [0.4, 0.5) is 0 Å². The van der Waals surface area contributed by atoms with Crippen molar-refractivity contribution in [1.82, 2.24) is 0 Å². The maximum Gasteiger partial charge on any atom is 0.303 e. The van der Waals surface area contributed by atoms with E-state index in [-0.39, 0.29) is 6.42 Å². The Morgan fingerprint density at radius 2 is 0.806 bits per heavy atom. The van der Waals surface area contributed by atoms with E-state index >= 15 is 0 Å². The van der Waals surface area contributed by atoms with Crippen LogP contribution < -0.4 is 0 Å². The SMILES string of the molecule is CCCCCC/C=C/CCCCCCCCCCC/C=C/CC/C=C/CCCC(=O)O. The summed E-state index contributed by atoms with van der Waals surface area (Å²) in [5.41, 5.74) is 0. The number of allylic oxidation sites excluding steroid dienone is 6. The Balaban J connectivity index is 3.18. The molecule has 0 aliphatic carbocycles. The summed E-state index contributed by atoms with van der Waals surface area (Å²) in [5, 5.41) is 8.57. The van der Waals surface area contributed by atoms with Crippen LogP contribution in [0.5, 0.6) is 0 Å². The van der Waals surface area contributed by atoms with Gasteiger partial charge < -0.3 is 5.11 Å². The molecule has 0 fully saturated rings. The molecule has 0 radical (unpaired) electrons. The van der Waals surface area contributed by atoms with Crippen molar-refractivity contribution in [3.05, 3.63) is 36.5 Å². The van der Waals surface area contributed by atoms with Gasteiger partial charge in [0, 0.05) is 6.42 Å². The predicted molar refractivity (Wildman–Crippen MR) is 138 cm³/mol. The number of carboxylic acids is 1. The maximum absolute atomic E-state index is 10.4. The van der Waals surface area contributed by atoms with Crippen LogP contribution in [-0.4, -0.2) is 11.1 Å². The predicted octanol–water partition coefficient (Wildman–Crippen LogP) is 9.95. The molecular formula is C29H52O2. The summed E-state index contributed by atoms with van der Waals surface area (Å²) < 4.78 is 0. The first kappa shape index (κ1) is 29.7. The van der Waals surface area contributed by atoms with Gasteiger partial charge in [0.25, 0.3) is 0 Å². The van der Waals surface area contributed by atoms with E-state index in [2.05, 4.69) is 43.4 Å². The monoisotopic (exact) mass is 432 g/mol. The van der Waals surface area contributed by atoms with Crippen LogP contribution in [0.2, 0.25) is 0 Å². The van der Waals surface area contributed by atoms with Crippen molar-refractivity contribution in [2.45, 2.75) is 142 Å². The fourth-order valence-electron chi connectivity index (χ4n) is 3.72. The van der Waals surface area contributed by atoms with Gasteiger partial charge in [-0.3, -0.25) is 4.79 Å². The molecule has 0 rings (SSSR count).